The predicted molar refractivity (Wildman–Crippen MR) is 74.1 cm³/mol. The number of anilines is 1. The number of rotatable bonds is 3. The average molecular weight is 281 g/mol. The average Bonchev–Trinajstić information content (AvgIpc) is 2.46. The third-order valence-electron chi connectivity index (χ3n) is 2.88. The molecule has 19 heavy (non-hydrogen) atoms. The van der Waals surface area contributed by atoms with Crippen LogP contribution in [0.25, 0.3) is 0 Å². The molecule has 0 bridgehead atoms. The number of carbonyl (C=O) groups is 1. The molecule has 102 valence electrons. The van der Waals surface area contributed by atoms with E-state index in [2.05, 4.69) is 4.98 Å². The minimum Gasteiger partial charge on any atom is -0.467 e. The zero-order valence-electron chi connectivity index (χ0n) is 10.5. The third-order valence-corrected chi connectivity index (χ3v) is 3.10. The fourth-order valence-corrected chi connectivity index (χ4v) is 2.12. The van der Waals surface area contributed by atoms with Crippen molar-refractivity contribution in [2.24, 2.45) is 5.73 Å². The molecular weight excluding hydrogens is 266 g/mol. The number of morpholine rings is 1. The highest BCUT2D eigenvalue weighted by molar-refractivity contribution is 7.80. The first-order chi connectivity index (χ1) is 9.13. The standard InChI is InChI=1S/C12H15N3O3S/c1-17-12(16)9-7-15(5-6-18-9)11-8(10(13)19)3-2-4-14-11/h2-4,9H,5-7H2,1H3,(H2,13,19). The summed E-state index contributed by atoms with van der Waals surface area (Å²) >= 11 is 5.01. The van der Waals surface area contributed by atoms with Crippen LogP contribution in [0.4, 0.5) is 5.82 Å². The molecule has 0 radical (unpaired) electrons. The number of hydrogen-bond acceptors (Lipinski definition) is 6. The van der Waals surface area contributed by atoms with Gasteiger partial charge in [-0.05, 0) is 12.1 Å². The quantitative estimate of drug-likeness (QED) is 0.621. The van der Waals surface area contributed by atoms with E-state index in [1.165, 1.54) is 7.11 Å². The third kappa shape index (κ3) is 2.99. The number of hydrogen-bond donors (Lipinski definition) is 1. The van der Waals surface area contributed by atoms with Crippen LogP contribution >= 0.6 is 12.2 Å². The second-order valence-electron chi connectivity index (χ2n) is 4.07. The Morgan fingerprint density at radius 2 is 2.47 bits per heavy atom. The molecular formula is C12H15N3O3S. The molecule has 1 aromatic rings. The van der Waals surface area contributed by atoms with Gasteiger partial charge in [-0.3, -0.25) is 0 Å². The molecule has 0 aromatic carbocycles. The number of nitrogens with zero attached hydrogens (tertiary/aromatic N) is 2. The number of ether oxygens (including phenoxy) is 2. The molecule has 1 aromatic heterocycles. The van der Waals surface area contributed by atoms with E-state index < -0.39 is 12.1 Å². The topological polar surface area (TPSA) is 77.7 Å². The Bertz CT molecular complexity index is 495. The molecule has 1 aliphatic rings. The molecule has 1 saturated heterocycles. The molecule has 2 heterocycles. The van der Waals surface area contributed by atoms with Crippen molar-refractivity contribution >= 4 is 29.0 Å². The van der Waals surface area contributed by atoms with E-state index in [1.807, 2.05) is 11.0 Å². The van der Waals surface area contributed by atoms with Crippen LogP contribution in [0.1, 0.15) is 5.56 Å². The van der Waals surface area contributed by atoms with Gasteiger partial charge in [0, 0.05) is 12.7 Å². The lowest BCUT2D eigenvalue weighted by molar-refractivity contribution is -0.154. The summed E-state index contributed by atoms with van der Waals surface area (Å²) in [5, 5.41) is 0. The first-order valence-corrected chi connectivity index (χ1v) is 6.23. The smallest absolute Gasteiger partial charge is 0.336 e. The first kappa shape index (κ1) is 13.7. The largest absolute Gasteiger partial charge is 0.467 e. The lowest BCUT2D eigenvalue weighted by Crippen LogP contribution is -2.47. The van der Waals surface area contributed by atoms with Gasteiger partial charge in [-0.2, -0.15) is 0 Å². The van der Waals surface area contributed by atoms with E-state index in [1.54, 1.807) is 12.3 Å². The Hall–Kier alpha value is -1.73. The Morgan fingerprint density at radius 1 is 1.68 bits per heavy atom. The van der Waals surface area contributed by atoms with Gasteiger partial charge in [0.15, 0.2) is 6.10 Å². The second-order valence-corrected chi connectivity index (χ2v) is 4.51. The number of carbonyl (C=O) groups excluding carboxylic acids is 1. The molecule has 0 amide bonds. The second kappa shape index (κ2) is 5.94. The number of nitrogens with two attached hydrogens (primary N) is 1. The highest BCUT2D eigenvalue weighted by Crippen LogP contribution is 2.20. The number of thiocarbonyl (C=S) groups is 1. The molecule has 2 N–H and O–H groups in total. The Balaban J connectivity index is 2.22. The molecule has 1 atom stereocenters. The number of pyridine rings is 1. The fraction of sp³-hybridized carbons (Fsp3) is 0.417. The van der Waals surface area contributed by atoms with E-state index in [9.17, 15) is 4.79 Å². The zero-order valence-corrected chi connectivity index (χ0v) is 11.4. The van der Waals surface area contributed by atoms with E-state index in [0.717, 1.165) is 0 Å². The summed E-state index contributed by atoms with van der Waals surface area (Å²) < 4.78 is 10.1. The van der Waals surface area contributed by atoms with Gasteiger partial charge in [0.05, 0.1) is 25.8 Å². The van der Waals surface area contributed by atoms with E-state index in [4.69, 9.17) is 27.4 Å². The summed E-state index contributed by atoms with van der Waals surface area (Å²) in [4.78, 5) is 18.0. The van der Waals surface area contributed by atoms with Crippen molar-refractivity contribution in [2.75, 3.05) is 31.7 Å². The predicted octanol–water partition coefficient (Wildman–Crippen LogP) is 0.0940. The van der Waals surface area contributed by atoms with Crippen molar-refractivity contribution in [2.45, 2.75) is 6.10 Å². The van der Waals surface area contributed by atoms with Crippen molar-refractivity contribution in [3.8, 4) is 0 Å². The fourth-order valence-electron chi connectivity index (χ4n) is 1.96. The summed E-state index contributed by atoms with van der Waals surface area (Å²) in [6, 6.07) is 3.59. The van der Waals surface area contributed by atoms with Gasteiger partial charge in [-0.25, -0.2) is 9.78 Å². The van der Waals surface area contributed by atoms with Crippen LogP contribution in [0.2, 0.25) is 0 Å². The van der Waals surface area contributed by atoms with Crippen molar-refractivity contribution in [3.63, 3.8) is 0 Å². The number of esters is 1. The van der Waals surface area contributed by atoms with Crippen LogP contribution in [-0.2, 0) is 14.3 Å². The first-order valence-electron chi connectivity index (χ1n) is 5.82. The van der Waals surface area contributed by atoms with Gasteiger partial charge in [0.2, 0.25) is 0 Å². The van der Waals surface area contributed by atoms with Crippen molar-refractivity contribution in [3.05, 3.63) is 23.9 Å². The molecule has 0 spiro atoms. The minimum atomic E-state index is -0.611. The maximum Gasteiger partial charge on any atom is 0.336 e. The Morgan fingerprint density at radius 3 is 3.16 bits per heavy atom. The van der Waals surface area contributed by atoms with Crippen molar-refractivity contribution in [1.29, 1.82) is 0 Å². The molecule has 1 fully saturated rings. The lowest BCUT2D eigenvalue weighted by atomic mass is 10.2. The highest BCUT2D eigenvalue weighted by Gasteiger charge is 2.29. The zero-order chi connectivity index (χ0) is 13.8. The normalized spacial score (nSPS) is 19.0. The molecule has 6 nitrogen and oxygen atoms in total. The maximum absolute atomic E-state index is 11.5. The monoisotopic (exact) mass is 281 g/mol. The van der Waals surface area contributed by atoms with Crippen LogP contribution in [0.15, 0.2) is 18.3 Å². The molecule has 2 rings (SSSR count). The van der Waals surface area contributed by atoms with Crippen LogP contribution in [0, 0.1) is 0 Å². The van der Waals surface area contributed by atoms with Crippen molar-refractivity contribution < 1.29 is 14.3 Å². The summed E-state index contributed by atoms with van der Waals surface area (Å²) in [5.74, 6) is 0.282. The van der Waals surface area contributed by atoms with Crippen molar-refractivity contribution in [1.82, 2.24) is 4.98 Å². The van der Waals surface area contributed by atoms with E-state index in [-0.39, 0.29) is 4.99 Å². The van der Waals surface area contributed by atoms with Gasteiger partial charge in [0.1, 0.15) is 10.8 Å². The lowest BCUT2D eigenvalue weighted by Gasteiger charge is -2.33. The van der Waals surface area contributed by atoms with Crippen LogP contribution in [0.3, 0.4) is 0 Å². The number of methoxy groups -OCH3 is 1. The van der Waals surface area contributed by atoms with Crippen LogP contribution in [-0.4, -0.2) is 48.9 Å². The highest BCUT2D eigenvalue weighted by atomic mass is 32.1. The molecule has 0 aliphatic carbocycles. The van der Waals surface area contributed by atoms with E-state index in [0.29, 0.717) is 31.1 Å². The van der Waals surface area contributed by atoms with Gasteiger partial charge in [0.25, 0.3) is 0 Å². The molecule has 0 saturated carbocycles. The summed E-state index contributed by atoms with van der Waals surface area (Å²) in [7, 11) is 1.34. The Kier molecular flexibility index (Phi) is 4.28. The summed E-state index contributed by atoms with van der Waals surface area (Å²) in [6.45, 7) is 1.42. The van der Waals surface area contributed by atoms with E-state index >= 15 is 0 Å². The molecule has 1 unspecified atom stereocenters. The Labute approximate surface area is 116 Å². The molecule has 7 heteroatoms. The van der Waals surface area contributed by atoms with Crippen LogP contribution < -0.4 is 10.6 Å². The molecule has 1 aliphatic heterocycles. The van der Waals surface area contributed by atoms with Gasteiger partial charge >= 0.3 is 5.97 Å². The summed E-state index contributed by atoms with van der Waals surface area (Å²) in [6.07, 6.45) is 1.06. The van der Waals surface area contributed by atoms with Gasteiger partial charge in [-0.15, -0.1) is 0 Å². The van der Waals surface area contributed by atoms with Crippen LogP contribution in [0.5, 0.6) is 0 Å². The van der Waals surface area contributed by atoms with Gasteiger partial charge in [-0.1, -0.05) is 12.2 Å². The minimum absolute atomic E-state index is 0.282. The van der Waals surface area contributed by atoms with Gasteiger partial charge < -0.3 is 20.1 Å². The number of aromatic nitrogens is 1. The SMILES string of the molecule is COC(=O)C1CN(c2ncccc2C(N)=S)CCO1. The maximum atomic E-state index is 11.5. The summed E-state index contributed by atoms with van der Waals surface area (Å²) in [5.41, 5.74) is 6.38.